The van der Waals surface area contributed by atoms with E-state index >= 15 is 0 Å². The molecule has 1 amide bonds. The number of para-hydroxylation sites is 2. The molecule has 0 spiro atoms. The Morgan fingerprint density at radius 1 is 1.14 bits per heavy atom. The standard InChI is InChI=1S/C20H22N6O2/c21-18-19(22)26(17-8-4-3-7-16(17)24-18)23-13-14-5-1-2-6-15(14)20(27)25-9-11-28-12-10-25/h1-8,22-23H,9-13H2,(H2,21,24). The van der Waals surface area contributed by atoms with Gasteiger partial charge in [0.15, 0.2) is 11.3 Å². The molecule has 1 aliphatic heterocycles. The molecule has 8 nitrogen and oxygen atoms in total. The number of nitrogen functional groups attached to an aromatic ring is 1. The van der Waals surface area contributed by atoms with Crippen molar-refractivity contribution in [2.75, 3.05) is 37.5 Å². The minimum Gasteiger partial charge on any atom is -0.381 e. The summed E-state index contributed by atoms with van der Waals surface area (Å²) in [6, 6.07) is 15.0. The second-order valence-electron chi connectivity index (χ2n) is 6.57. The van der Waals surface area contributed by atoms with Crippen LogP contribution in [-0.2, 0) is 11.3 Å². The van der Waals surface area contributed by atoms with E-state index in [1.54, 1.807) is 4.68 Å². The van der Waals surface area contributed by atoms with Gasteiger partial charge in [-0.2, -0.15) is 0 Å². The molecule has 4 N–H and O–H groups in total. The Balaban J connectivity index is 1.63. The van der Waals surface area contributed by atoms with Gasteiger partial charge in [0.1, 0.15) is 0 Å². The van der Waals surface area contributed by atoms with E-state index in [-0.39, 0.29) is 17.2 Å². The summed E-state index contributed by atoms with van der Waals surface area (Å²) in [4.78, 5) is 19.0. The zero-order valence-electron chi connectivity index (χ0n) is 15.4. The molecule has 0 atom stereocenters. The number of nitrogens with two attached hydrogens (primary N) is 1. The Labute approximate surface area is 162 Å². The van der Waals surface area contributed by atoms with E-state index in [1.807, 2.05) is 53.4 Å². The molecular weight excluding hydrogens is 356 g/mol. The van der Waals surface area contributed by atoms with E-state index in [0.717, 1.165) is 11.1 Å². The fraction of sp³-hybridized carbons (Fsp3) is 0.250. The number of anilines is 1. The van der Waals surface area contributed by atoms with Crippen molar-refractivity contribution >= 4 is 22.8 Å². The number of nitrogens with zero attached hydrogens (tertiary/aromatic N) is 3. The first-order valence-corrected chi connectivity index (χ1v) is 9.16. The van der Waals surface area contributed by atoms with E-state index in [9.17, 15) is 4.79 Å². The second-order valence-corrected chi connectivity index (χ2v) is 6.57. The Hall–Kier alpha value is -3.39. The molecule has 0 unspecified atom stereocenters. The van der Waals surface area contributed by atoms with Crippen molar-refractivity contribution in [3.05, 3.63) is 65.1 Å². The number of ether oxygens (including phenoxy) is 1. The zero-order chi connectivity index (χ0) is 19.5. The van der Waals surface area contributed by atoms with Crippen LogP contribution < -0.4 is 16.6 Å². The van der Waals surface area contributed by atoms with Gasteiger partial charge in [-0.25, -0.2) is 9.66 Å². The zero-order valence-corrected chi connectivity index (χ0v) is 15.4. The Bertz CT molecular complexity index is 1070. The Morgan fingerprint density at radius 2 is 1.86 bits per heavy atom. The molecular formula is C20H22N6O2. The Kier molecular flexibility index (Phi) is 4.94. The average molecular weight is 378 g/mol. The highest BCUT2D eigenvalue weighted by molar-refractivity contribution is 5.95. The van der Waals surface area contributed by atoms with Crippen LogP contribution in [0.3, 0.4) is 0 Å². The van der Waals surface area contributed by atoms with Crippen LogP contribution in [0.2, 0.25) is 0 Å². The van der Waals surface area contributed by atoms with Crippen LogP contribution in [0.4, 0.5) is 5.82 Å². The molecule has 2 heterocycles. The quantitative estimate of drug-likeness (QED) is 0.634. The first-order valence-electron chi connectivity index (χ1n) is 9.16. The molecule has 3 aromatic rings. The van der Waals surface area contributed by atoms with Crippen molar-refractivity contribution in [1.82, 2.24) is 14.6 Å². The second kappa shape index (κ2) is 7.69. The molecule has 0 aliphatic carbocycles. The number of hydrogen-bond donors (Lipinski definition) is 3. The van der Waals surface area contributed by atoms with Crippen LogP contribution in [0, 0.1) is 5.41 Å². The molecule has 28 heavy (non-hydrogen) atoms. The summed E-state index contributed by atoms with van der Waals surface area (Å²) in [6.45, 7) is 2.69. The molecule has 4 rings (SSSR count). The molecule has 2 aromatic carbocycles. The van der Waals surface area contributed by atoms with Gasteiger partial charge in [0.2, 0.25) is 0 Å². The van der Waals surface area contributed by atoms with Gasteiger partial charge in [0, 0.05) is 18.7 Å². The molecule has 1 aromatic heterocycles. The van der Waals surface area contributed by atoms with E-state index in [1.165, 1.54) is 0 Å². The van der Waals surface area contributed by atoms with Gasteiger partial charge < -0.3 is 20.8 Å². The van der Waals surface area contributed by atoms with Crippen molar-refractivity contribution in [1.29, 1.82) is 5.41 Å². The van der Waals surface area contributed by atoms with Gasteiger partial charge in [-0.05, 0) is 23.8 Å². The monoisotopic (exact) mass is 378 g/mol. The van der Waals surface area contributed by atoms with Crippen LogP contribution in [0.25, 0.3) is 11.0 Å². The summed E-state index contributed by atoms with van der Waals surface area (Å²) in [5.41, 5.74) is 12.1. The van der Waals surface area contributed by atoms with Crippen molar-refractivity contribution in [2.45, 2.75) is 6.54 Å². The summed E-state index contributed by atoms with van der Waals surface area (Å²) >= 11 is 0. The number of carbonyl (C=O) groups excluding carboxylic acids is 1. The van der Waals surface area contributed by atoms with Crippen LogP contribution >= 0.6 is 0 Å². The minimum absolute atomic E-state index is 0.00380. The van der Waals surface area contributed by atoms with Crippen molar-refractivity contribution in [3.8, 4) is 0 Å². The smallest absolute Gasteiger partial charge is 0.254 e. The average Bonchev–Trinajstić information content (AvgIpc) is 2.74. The summed E-state index contributed by atoms with van der Waals surface area (Å²) in [6.07, 6.45) is 0. The van der Waals surface area contributed by atoms with Gasteiger partial charge in [-0.1, -0.05) is 30.3 Å². The normalized spacial score (nSPS) is 14.2. The summed E-state index contributed by atoms with van der Waals surface area (Å²) in [5.74, 6) is 0.139. The highest BCUT2D eigenvalue weighted by Crippen LogP contribution is 2.15. The minimum atomic E-state index is -0.00380. The lowest BCUT2D eigenvalue weighted by atomic mass is 10.1. The van der Waals surface area contributed by atoms with Gasteiger partial charge in [-0.3, -0.25) is 10.2 Å². The molecule has 144 valence electrons. The van der Waals surface area contributed by atoms with E-state index in [2.05, 4.69) is 10.4 Å². The maximum absolute atomic E-state index is 12.9. The number of benzene rings is 2. The predicted molar refractivity (Wildman–Crippen MR) is 106 cm³/mol. The van der Waals surface area contributed by atoms with Gasteiger partial charge >= 0.3 is 0 Å². The van der Waals surface area contributed by atoms with E-state index in [4.69, 9.17) is 15.9 Å². The fourth-order valence-electron chi connectivity index (χ4n) is 3.31. The molecule has 1 fully saturated rings. The van der Waals surface area contributed by atoms with E-state index in [0.29, 0.717) is 43.9 Å². The molecule has 1 saturated heterocycles. The third-order valence-electron chi connectivity index (χ3n) is 4.80. The number of amides is 1. The molecule has 0 saturated carbocycles. The van der Waals surface area contributed by atoms with Crippen LogP contribution in [0.1, 0.15) is 15.9 Å². The topological polar surface area (TPSA) is 109 Å². The molecule has 0 radical (unpaired) electrons. The number of carbonyl (C=O) groups is 1. The number of hydrogen-bond acceptors (Lipinski definition) is 6. The summed E-state index contributed by atoms with van der Waals surface area (Å²) in [7, 11) is 0. The maximum Gasteiger partial charge on any atom is 0.254 e. The SMILES string of the molecule is N=c1c(N)nc2ccccc2n1NCc1ccccc1C(=O)N1CCOCC1. The highest BCUT2D eigenvalue weighted by atomic mass is 16.5. The number of rotatable bonds is 4. The number of aromatic nitrogens is 2. The van der Waals surface area contributed by atoms with E-state index < -0.39 is 0 Å². The van der Waals surface area contributed by atoms with Crippen LogP contribution in [-0.4, -0.2) is 46.8 Å². The number of fused-ring (bicyclic) bond motifs is 1. The third-order valence-corrected chi connectivity index (χ3v) is 4.80. The molecule has 1 aliphatic rings. The first-order chi connectivity index (χ1) is 13.6. The van der Waals surface area contributed by atoms with Crippen LogP contribution in [0.15, 0.2) is 48.5 Å². The van der Waals surface area contributed by atoms with Gasteiger partial charge in [-0.15, -0.1) is 0 Å². The van der Waals surface area contributed by atoms with Crippen molar-refractivity contribution in [2.24, 2.45) is 0 Å². The lowest BCUT2D eigenvalue weighted by Gasteiger charge is -2.27. The third kappa shape index (κ3) is 3.41. The highest BCUT2D eigenvalue weighted by Gasteiger charge is 2.20. The van der Waals surface area contributed by atoms with Crippen molar-refractivity contribution in [3.63, 3.8) is 0 Å². The molecule has 0 bridgehead atoms. The van der Waals surface area contributed by atoms with Gasteiger partial charge in [0.05, 0.1) is 30.8 Å². The summed E-state index contributed by atoms with van der Waals surface area (Å²) in [5, 5.41) is 8.27. The molecule has 8 heteroatoms. The largest absolute Gasteiger partial charge is 0.381 e. The summed E-state index contributed by atoms with van der Waals surface area (Å²) < 4.78 is 6.94. The lowest BCUT2D eigenvalue weighted by molar-refractivity contribution is 0.0302. The lowest BCUT2D eigenvalue weighted by Crippen LogP contribution is -2.41. The maximum atomic E-state index is 12.9. The van der Waals surface area contributed by atoms with Gasteiger partial charge in [0.25, 0.3) is 5.91 Å². The first kappa shape index (κ1) is 18.0. The predicted octanol–water partition coefficient (Wildman–Crippen LogP) is 1.31. The Morgan fingerprint density at radius 3 is 2.68 bits per heavy atom. The van der Waals surface area contributed by atoms with Crippen LogP contribution in [0.5, 0.6) is 0 Å². The number of morpholine rings is 1. The fourth-order valence-corrected chi connectivity index (χ4v) is 3.31. The number of nitrogens with one attached hydrogen (secondary N) is 2. The van der Waals surface area contributed by atoms with Crippen molar-refractivity contribution < 1.29 is 9.53 Å².